The van der Waals surface area contributed by atoms with Gasteiger partial charge in [0.05, 0.1) is 17.5 Å². The molecule has 0 unspecified atom stereocenters. The van der Waals surface area contributed by atoms with Crippen molar-refractivity contribution in [2.24, 2.45) is 5.92 Å². The second-order valence-corrected chi connectivity index (χ2v) is 7.30. The number of ketones is 1. The highest BCUT2D eigenvalue weighted by atomic mass is 32.1. The van der Waals surface area contributed by atoms with Crippen LogP contribution in [-0.2, 0) is 12.8 Å². The Morgan fingerprint density at radius 2 is 2.04 bits per heavy atom. The van der Waals surface area contributed by atoms with Crippen molar-refractivity contribution < 1.29 is 9.59 Å². The van der Waals surface area contributed by atoms with Crippen molar-refractivity contribution in [1.29, 1.82) is 0 Å². The van der Waals surface area contributed by atoms with E-state index in [-0.39, 0.29) is 23.3 Å². The maximum Gasteiger partial charge on any atom is 0.276 e. The molecule has 0 spiro atoms. The number of carbonyl (C=O) groups excluding carboxylic acids is 2. The zero-order chi connectivity index (χ0) is 16.0. The van der Waals surface area contributed by atoms with Crippen molar-refractivity contribution in [2.75, 3.05) is 5.32 Å². The van der Waals surface area contributed by atoms with Gasteiger partial charge in [-0.25, -0.2) is 4.98 Å². The minimum absolute atomic E-state index is 0.157. The average molecular weight is 327 g/mol. The van der Waals surface area contributed by atoms with E-state index in [9.17, 15) is 9.59 Å². The van der Waals surface area contributed by atoms with E-state index >= 15 is 0 Å². The number of aryl methyl sites for hydroxylation is 2. The maximum atomic E-state index is 12.6. The number of rotatable bonds is 4. The monoisotopic (exact) mass is 327 g/mol. The third kappa shape index (κ3) is 2.67. The summed E-state index contributed by atoms with van der Waals surface area (Å²) < 4.78 is 0. The Morgan fingerprint density at radius 1 is 1.22 bits per heavy atom. The van der Waals surface area contributed by atoms with E-state index in [2.05, 4.69) is 15.3 Å². The highest BCUT2D eigenvalue weighted by molar-refractivity contribution is 7.17. The molecule has 0 radical (unpaired) electrons. The number of aromatic nitrogens is 2. The Morgan fingerprint density at radius 3 is 2.74 bits per heavy atom. The van der Waals surface area contributed by atoms with Gasteiger partial charge in [0.15, 0.2) is 5.78 Å². The second kappa shape index (κ2) is 5.53. The Bertz CT molecular complexity index is 791. The summed E-state index contributed by atoms with van der Waals surface area (Å²) in [4.78, 5) is 34.5. The smallest absolute Gasteiger partial charge is 0.276 e. The van der Waals surface area contributed by atoms with Gasteiger partial charge in [0.1, 0.15) is 10.7 Å². The van der Waals surface area contributed by atoms with Crippen LogP contribution in [0.25, 0.3) is 0 Å². The SMILES string of the molecule is Cc1cnc(C(=O)Nc2sc3c(c2C(=O)C2CC2)CCC3)cn1. The summed E-state index contributed by atoms with van der Waals surface area (Å²) in [6.07, 6.45) is 8.03. The van der Waals surface area contributed by atoms with Gasteiger partial charge >= 0.3 is 0 Å². The van der Waals surface area contributed by atoms with E-state index in [1.807, 2.05) is 6.92 Å². The van der Waals surface area contributed by atoms with Crippen LogP contribution in [0.2, 0.25) is 0 Å². The summed E-state index contributed by atoms with van der Waals surface area (Å²) in [5.41, 5.74) is 2.96. The molecule has 1 amide bonds. The third-order valence-corrected chi connectivity index (χ3v) is 5.56. The topological polar surface area (TPSA) is 72.0 Å². The van der Waals surface area contributed by atoms with Gasteiger partial charge < -0.3 is 5.32 Å². The molecule has 1 saturated carbocycles. The van der Waals surface area contributed by atoms with Crippen LogP contribution in [0.4, 0.5) is 5.00 Å². The number of thiophene rings is 1. The lowest BCUT2D eigenvalue weighted by atomic mass is 10.0. The van der Waals surface area contributed by atoms with E-state index in [0.29, 0.717) is 5.00 Å². The zero-order valence-corrected chi connectivity index (χ0v) is 13.7. The van der Waals surface area contributed by atoms with E-state index in [0.717, 1.165) is 48.9 Å². The molecule has 1 fully saturated rings. The molecule has 4 rings (SSSR count). The van der Waals surface area contributed by atoms with Crippen molar-refractivity contribution in [3.63, 3.8) is 0 Å². The molecular weight excluding hydrogens is 310 g/mol. The van der Waals surface area contributed by atoms with Crippen molar-refractivity contribution in [2.45, 2.75) is 39.0 Å². The van der Waals surface area contributed by atoms with Crippen LogP contribution >= 0.6 is 11.3 Å². The fraction of sp³-hybridized carbons (Fsp3) is 0.412. The number of hydrogen-bond donors (Lipinski definition) is 1. The Labute approximate surface area is 138 Å². The first-order valence-electron chi connectivity index (χ1n) is 7.92. The number of nitrogens with one attached hydrogen (secondary N) is 1. The van der Waals surface area contributed by atoms with Gasteiger partial charge in [-0.05, 0) is 44.6 Å². The van der Waals surface area contributed by atoms with Crippen LogP contribution in [-0.4, -0.2) is 21.7 Å². The van der Waals surface area contributed by atoms with Crippen LogP contribution in [0.3, 0.4) is 0 Å². The number of fused-ring (bicyclic) bond motifs is 1. The molecule has 1 N–H and O–H groups in total. The molecular formula is C17H17N3O2S. The normalized spacial score (nSPS) is 16.2. The molecule has 0 aliphatic heterocycles. The molecule has 0 bridgehead atoms. The van der Waals surface area contributed by atoms with Gasteiger partial charge in [0.2, 0.25) is 0 Å². The third-order valence-electron chi connectivity index (χ3n) is 4.36. The largest absolute Gasteiger partial charge is 0.312 e. The first-order chi connectivity index (χ1) is 11.1. The molecule has 5 nitrogen and oxygen atoms in total. The minimum Gasteiger partial charge on any atom is -0.312 e. The Hall–Kier alpha value is -2.08. The van der Waals surface area contributed by atoms with Crippen molar-refractivity contribution in [3.8, 4) is 0 Å². The fourth-order valence-electron chi connectivity index (χ4n) is 2.98. The molecule has 2 aliphatic carbocycles. The van der Waals surface area contributed by atoms with Crippen LogP contribution in [0.5, 0.6) is 0 Å². The predicted molar refractivity (Wildman–Crippen MR) is 88.1 cm³/mol. The van der Waals surface area contributed by atoms with Gasteiger partial charge in [0.25, 0.3) is 5.91 Å². The summed E-state index contributed by atoms with van der Waals surface area (Å²) in [7, 11) is 0. The quantitative estimate of drug-likeness (QED) is 0.876. The summed E-state index contributed by atoms with van der Waals surface area (Å²) in [6, 6.07) is 0. The van der Waals surface area contributed by atoms with Crippen LogP contribution in [0.15, 0.2) is 12.4 Å². The van der Waals surface area contributed by atoms with Crippen molar-refractivity contribution in [1.82, 2.24) is 9.97 Å². The summed E-state index contributed by atoms with van der Waals surface area (Å²) >= 11 is 1.55. The number of anilines is 1. The number of hydrogen-bond acceptors (Lipinski definition) is 5. The van der Waals surface area contributed by atoms with E-state index < -0.39 is 0 Å². The van der Waals surface area contributed by atoms with Gasteiger partial charge in [-0.1, -0.05) is 0 Å². The standard InChI is InChI=1S/C17H17N3O2S/c1-9-7-19-12(8-18-9)16(22)20-17-14(15(21)10-5-6-10)11-3-2-4-13(11)23-17/h7-8,10H,2-6H2,1H3,(H,20,22). The molecule has 2 heterocycles. The molecule has 0 saturated heterocycles. The van der Waals surface area contributed by atoms with Crippen molar-refractivity contribution in [3.05, 3.63) is 39.8 Å². The first-order valence-corrected chi connectivity index (χ1v) is 8.74. The second-order valence-electron chi connectivity index (χ2n) is 6.20. The molecule has 23 heavy (non-hydrogen) atoms. The maximum absolute atomic E-state index is 12.6. The minimum atomic E-state index is -0.303. The molecule has 2 aliphatic rings. The van der Waals surface area contributed by atoms with E-state index in [1.54, 1.807) is 17.5 Å². The zero-order valence-electron chi connectivity index (χ0n) is 12.9. The van der Waals surface area contributed by atoms with Gasteiger partial charge in [-0.2, -0.15) is 0 Å². The highest BCUT2D eigenvalue weighted by Crippen LogP contribution is 2.43. The van der Waals surface area contributed by atoms with Gasteiger partial charge in [-0.3, -0.25) is 14.6 Å². The fourth-order valence-corrected chi connectivity index (χ4v) is 4.27. The average Bonchev–Trinajstić information content (AvgIpc) is 3.20. The number of Topliss-reactive ketones (excluding diaryl/α,β-unsaturated/α-hetero) is 1. The van der Waals surface area contributed by atoms with E-state index in [4.69, 9.17) is 0 Å². The van der Waals surface area contributed by atoms with Gasteiger partial charge in [0, 0.05) is 17.0 Å². The number of carbonyl (C=O) groups is 2. The Kier molecular flexibility index (Phi) is 3.49. The molecule has 0 atom stereocenters. The first kappa shape index (κ1) is 14.5. The predicted octanol–water partition coefficient (Wildman–Crippen LogP) is 3.18. The van der Waals surface area contributed by atoms with Crippen LogP contribution in [0, 0.1) is 12.8 Å². The highest BCUT2D eigenvalue weighted by Gasteiger charge is 2.36. The van der Waals surface area contributed by atoms with Crippen LogP contribution < -0.4 is 5.32 Å². The Balaban J connectivity index is 1.65. The van der Waals surface area contributed by atoms with Crippen molar-refractivity contribution >= 4 is 28.0 Å². The van der Waals surface area contributed by atoms with Gasteiger partial charge in [-0.15, -0.1) is 11.3 Å². The molecule has 118 valence electrons. The molecule has 6 heteroatoms. The lowest BCUT2D eigenvalue weighted by Crippen LogP contribution is -2.16. The number of amides is 1. The summed E-state index contributed by atoms with van der Waals surface area (Å²) in [6.45, 7) is 1.82. The summed E-state index contributed by atoms with van der Waals surface area (Å²) in [5, 5.41) is 3.59. The molecule has 0 aromatic carbocycles. The lowest BCUT2D eigenvalue weighted by Gasteiger charge is -2.07. The molecule has 2 aromatic heterocycles. The lowest BCUT2D eigenvalue weighted by molar-refractivity contribution is 0.0968. The van der Waals surface area contributed by atoms with Crippen LogP contribution in [0.1, 0.15) is 56.2 Å². The number of nitrogens with zero attached hydrogens (tertiary/aromatic N) is 2. The van der Waals surface area contributed by atoms with E-state index in [1.165, 1.54) is 11.1 Å². The summed E-state index contributed by atoms with van der Waals surface area (Å²) in [5.74, 6) is 0.0566. The molecule has 2 aromatic rings.